The number of imidazole rings is 1. The summed E-state index contributed by atoms with van der Waals surface area (Å²) in [7, 11) is 0. The number of nitrogens with zero attached hydrogens (tertiary/aromatic N) is 3. The Morgan fingerprint density at radius 1 is 1.25 bits per heavy atom. The number of carbonyl (C=O) groups is 1. The first-order chi connectivity index (χ1) is 14.9. The topological polar surface area (TPSA) is 76.7 Å². The fourth-order valence-corrected chi connectivity index (χ4v) is 3.45. The molecule has 0 aliphatic heterocycles. The van der Waals surface area contributed by atoms with Crippen LogP contribution >= 0.6 is 0 Å². The number of aromatic nitrogens is 3. The van der Waals surface area contributed by atoms with E-state index in [1.807, 2.05) is 0 Å². The molecule has 0 radical (unpaired) electrons. The van der Waals surface area contributed by atoms with E-state index in [1.165, 1.54) is 36.6 Å². The quantitative estimate of drug-likeness (QED) is 0.396. The highest BCUT2D eigenvalue weighted by Crippen LogP contribution is 2.34. The van der Waals surface area contributed by atoms with Gasteiger partial charge < -0.3 is 9.84 Å². The molecule has 0 fully saturated rings. The zero-order chi connectivity index (χ0) is 23.7. The standard InChI is InChI=1S/C22H23F4N3O3/c1-13-19(17(30)10-14(21(2,3)31)11-22(24,25)26)29-9-5-7-18(20(29)28-13)32-12-16-15(23)6-4-8-27-16/h4-9,14,31H,10-12H2,1-3H3. The van der Waals surface area contributed by atoms with Crippen LogP contribution in [-0.2, 0) is 6.61 Å². The number of carbonyl (C=O) groups excluding carboxylic acids is 1. The summed E-state index contributed by atoms with van der Waals surface area (Å²) in [6, 6.07) is 5.87. The Labute approximate surface area is 181 Å². The number of fused-ring (bicyclic) bond motifs is 1. The first kappa shape index (κ1) is 23.6. The summed E-state index contributed by atoms with van der Waals surface area (Å²) in [5, 5.41) is 10.2. The lowest BCUT2D eigenvalue weighted by atomic mass is 9.83. The number of alkyl halides is 3. The van der Waals surface area contributed by atoms with E-state index < -0.39 is 42.1 Å². The normalized spacial score (nSPS) is 13.4. The monoisotopic (exact) mass is 453 g/mol. The SMILES string of the molecule is Cc1nc2c(OCc3ncccc3F)cccn2c1C(=O)CC(CC(F)(F)F)C(C)(C)O. The van der Waals surface area contributed by atoms with Crippen LogP contribution in [0.5, 0.6) is 5.75 Å². The van der Waals surface area contributed by atoms with E-state index >= 15 is 0 Å². The van der Waals surface area contributed by atoms with Crippen molar-refractivity contribution in [1.82, 2.24) is 14.4 Å². The van der Waals surface area contributed by atoms with Crippen LogP contribution in [0.3, 0.4) is 0 Å². The average molecular weight is 453 g/mol. The van der Waals surface area contributed by atoms with Gasteiger partial charge in [-0.15, -0.1) is 0 Å². The Kier molecular flexibility index (Phi) is 6.54. The number of Topliss-reactive ketones (excluding diaryl/α,β-unsaturated/α-hetero) is 1. The zero-order valence-electron chi connectivity index (χ0n) is 17.8. The predicted molar refractivity (Wildman–Crippen MR) is 108 cm³/mol. The number of hydrogen-bond donors (Lipinski definition) is 1. The third-order valence-corrected chi connectivity index (χ3v) is 5.16. The van der Waals surface area contributed by atoms with Gasteiger partial charge in [0.15, 0.2) is 17.2 Å². The Bertz CT molecular complexity index is 1120. The van der Waals surface area contributed by atoms with Gasteiger partial charge in [-0.1, -0.05) is 0 Å². The second-order valence-corrected chi connectivity index (χ2v) is 8.13. The maximum absolute atomic E-state index is 13.8. The number of aliphatic hydroxyl groups is 1. The maximum atomic E-state index is 13.8. The second-order valence-electron chi connectivity index (χ2n) is 8.13. The molecule has 3 aromatic rings. The van der Waals surface area contributed by atoms with Crippen molar-refractivity contribution < 1.29 is 32.2 Å². The molecule has 0 amide bonds. The molecule has 1 atom stereocenters. The third-order valence-electron chi connectivity index (χ3n) is 5.16. The number of ketones is 1. The minimum Gasteiger partial charge on any atom is -0.483 e. The van der Waals surface area contributed by atoms with Gasteiger partial charge in [-0.2, -0.15) is 13.2 Å². The Morgan fingerprint density at radius 2 is 1.97 bits per heavy atom. The van der Waals surface area contributed by atoms with Crippen molar-refractivity contribution in [2.45, 2.75) is 52.0 Å². The van der Waals surface area contributed by atoms with Gasteiger partial charge in [0.1, 0.15) is 23.8 Å². The number of pyridine rings is 2. The van der Waals surface area contributed by atoms with Gasteiger partial charge in [-0.05, 0) is 45.0 Å². The van der Waals surface area contributed by atoms with Crippen LogP contribution in [0.15, 0.2) is 36.7 Å². The predicted octanol–water partition coefficient (Wildman–Crippen LogP) is 4.67. The molecule has 3 heterocycles. The second kappa shape index (κ2) is 8.85. The van der Waals surface area contributed by atoms with E-state index in [0.29, 0.717) is 5.69 Å². The van der Waals surface area contributed by atoms with Gasteiger partial charge in [0.2, 0.25) is 0 Å². The fourth-order valence-electron chi connectivity index (χ4n) is 3.45. The van der Waals surface area contributed by atoms with Crippen LogP contribution in [0.25, 0.3) is 5.65 Å². The van der Waals surface area contributed by atoms with Crippen LogP contribution in [-0.4, -0.2) is 37.0 Å². The molecule has 0 aliphatic rings. The Hall–Kier alpha value is -3.01. The third kappa shape index (κ3) is 5.42. The molecule has 3 aromatic heterocycles. The van der Waals surface area contributed by atoms with Crippen molar-refractivity contribution in [3.8, 4) is 5.75 Å². The molecule has 3 rings (SSSR count). The van der Waals surface area contributed by atoms with Gasteiger partial charge in [0, 0.05) is 31.2 Å². The van der Waals surface area contributed by atoms with Crippen molar-refractivity contribution in [2.24, 2.45) is 5.92 Å². The lowest BCUT2D eigenvalue weighted by Gasteiger charge is -2.29. The molecule has 0 saturated heterocycles. The molecule has 0 spiro atoms. The molecular weight excluding hydrogens is 430 g/mol. The minimum atomic E-state index is -4.53. The van der Waals surface area contributed by atoms with Gasteiger partial charge in [0.05, 0.1) is 11.3 Å². The van der Waals surface area contributed by atoms with Crippen LogP contribution < -0.4 is 4.74 Å². The summed E-state index contributed by atoms with van der Waals surface area (Å²) in [6.07, 6.45) is -3.36. The molecule has 0 saturated carbocycles. The summed E-state index contributed by atoms with van der Waals surface area (Å²) in [5.74, 6) is -2.18. The first-order valence-corrected chi connectivity index (χ1v) is 9.89. The number of aryl methyl sites for hydroxylation is 1. The first-order valence-electron chi connectivity index (χ1n) is 9.89. The minimum absolute atomic E-state index is 0.0919. The van der Waals surface area contributed by atoms with Crippen molar-refractivity contribution in [3.63, 3.8) is 0 Å². The molecule has 0 bridgehead atoms. The molecule has 6 nitrogen and oxygen atoms in total. The van der Waals surface area contributed by atoms with Crippen LogP contribution in [0.4, 0.5) is 17.6 Å². The highest BCUT2D eigenvalue weighted by atomic mass is 19.4. The van der Waals surface area contributed by atoms with Crippen LogP contribution in [0.1, 0.15) is 48.6 Å². The molecule has 0 aromatic carbocycles. The van der Waals surface area contributed by atoms with Gasteiger partial charge in [-0.3, -0.25) is 14.2 Å². The summed E-state index contributed by atoms with van der Waals surface area (Å²) in [4.78, 5) is 21.2. The van der Waals surface area contributed by atoms with Gasteiger partial charge in [0.25, 0.3) is 0 Å². The molecule has 32 heavy (non-hydrogen) atoms. The van der Waals surface area contributed by atoms with E-state index in [2.05, 4.69) is 9.97 Å². The smallest absolute Gasteiger partial charge is 0.389 e. The van der Waals surface area contributed by atoms with Crippen LogP contribution in [0.2, 0.25) is 0 Å². The fraction of sp³-hybridized carbons (Fsp3) is 0.409. The molecule has 0 aliphatic carbocycles. The van der Waals surface area contributed by atoms with E-state index in [4.69, 9.17) is 4.74 Å². The van der Waals surface area contributed by atoms with E-state index in [1.54, 1.807) is 25.3 Å². The summed E-state index contributed by atoms with van der Waals surface area (Å²) >= 11 is 0. The van der Waals surface area contributed by atoms with Crippen molar-refractivity contribution in [1.29, 1.82) is 0 Å². The molecule has 1 unspecified atom stereocenters. The highest BCUT2D eigenvalue weighted by Gasteiger charge is 2.40. The highest BCUT2D eigenvalue weighted by molar-refractivity contribution is 5.97. The van der Waals surface area contributed by atoms with Gasteiger partial charge in [-0.25, -0.2) is 9.37 Å². The van der Waals surface area contributed by atoms with Gasteiger partial charge >= 0.3 is 6.18 Å². The zero-order valence-corrected chi connectivity index (χ0v) is 17.8. The molecule has 172 valence electrons. The summed E-state index contributed by atoms with van der Waals surface area (Å²) < 4.78 is 59.8. The maximum Gasteiger partial charge on any atom is 0.389 e. The lowest BCUT2D eigenvalue weighted by molar-refractivity contribution is -0.160. The number of ether oxygens (including phenoxy) is 1. The number of rotatable bonds is 8. The van der Waals surface area contributed by atoms with Crippen molar-refractivity contribution >= 4 is 11.4 Å². The average Bonchev–Trinajstić information content (AvgIpc) is 3.01. The largest absolute Gasteiger partial charge is 0.483 e. The van der Waals surface area contributed by atoms with Crippen molar-refractivity contribution in [2.75, 3.05) is 0 Å². The lowest BCUT2D eigenvalue weighted by Crippen LogP contribution is -2.36. The van der Waals surface area contributed by atoms with E-state index in [0.717, 1.165) is 0 Å². The molecule has 10 heteroatoms. The summed E-state index contributed by atoms with van der Waals surface area (Å²) in [6.45, 7) is 3.89. The Balaban J connectivity index is 1.89. The van der Waals surface area contributed by atoms with Crippen molar-refractivity contribution in [3.05, 3.63) is 59.6 Å². The number of halogens is 4. The number of hydrogen-bond acceptors (Lipinski definition) is 5. The van der Waals surface area contributed by atoms with E-state index in [-0.39, 0.29) is 29.4 Å². The molecular formula is C22H23F4N3O3. The summed E-state index contributed by atoms with van der Waals surface area (Å²) in [5.41, 5.74) is -0.947. The Morgan fingerprint density at radius 3 is 2.59 bits per heavy atom. The molecule has 1 N–H and O–H groups in total. The van der Waals surface area contributed by atoms with E-state index in [9.17, 15) is 27.5 Å². The van der Waals surface area contributed by atoms with Crippen LogP contribution in [0, 0.1) is 18.7 Å².